The molecule has 0 aliphatic rings. The summed E-state index contributed by atoms with van der Waals surface area (Å²) in [4.78, 5) is 9.99. The maximum absolute atomic E-state index is 9.99. The summed E-state index contributed by atoms with van der Waals surface area (Å²) < 4.78 is 0. The number of rotatable bonds is 9. The van der Waals surface area contributed by atoms with Crippen LogP contribution in [0.3, 0.4) is 0 Å². The second kappa shape index (κ2) is 11.2. The van der Waals surface area contributed by atoms with Gasteiger partial charge in [-0.25, -0.2) is 0 Å². The quantitative estimate of drug-likeness (QED) is 0.302. The Balaban J connectivity index is 2.84. The van der Waals surface area contributed by atoms with Crippen LogP contribution >= 0.6 is 0 Å². The lowest BCUT2D eigenvalue weighted by atomic mass is 10.1. The number of carbonyl (C=O) groups excluding carboxylic acids is 1. The van der Waals surface area contributed by atoms with Gasteiger partial charge in [-0.3, -0.25) is 0 Å². The van der Waals surface area contributed by atoms with Gasteiger partial charge in [-0.2, -0.15) is 0 Å². The molecule has 13 heavy (non-hydrogen) atoms. The Kier molecular flexibility index (Phi) is 10.6. The van der Waals surface area contributed by atoms with Crippen molar-refractivity contribution in [3.8, 4) is 12.3 Å². The second-order valence-electron chi connectivity index (χ2n) is 3.38. The normalized spacial score (nSPS) is 9.46. The first-order valence-electron chi connectivity index (χ1n) is 5.29. The summed E-state index contributed by atoms with van der Waals surface area (Å²) in [5.74, 6) is 2.65. The van der Waals surface area contributed by atoms with Crippen LogP contribution in [0.4, 0.5) is 0 Å². The molecule has 0 fully saturated rings. The molecule has 0 aliphatic heterocycles. The molecule has 0 amide bonds. The van der Waals surface area contributed by atoms with Crippen LogP contribution in [0.5, 0.6) is 0 Å². The Morgan fingerprint density at radius 1 is 0.923 bits per heavy atom. The predicted octanol–water partition coefficient (Wildman–Crippen LogP) is 3.33. The lowest BCUT2D eigenvalue weighted by Crippen LogP contribution is -1.81. The Labute approximate surface area is 81.9 Å². The third-order valence-electron chi connectivity index (χ3n) is 2.14. The Morgan fingerprint density at radius 2 is 1.46 bits per heavy atom. The third kappa shape index (κ3) is 11.2. The summed E-state index contributed by atoms with van der Waals surface area (Å²) >= 11 is 0. The van der Waals surface area contributed by atoms with Gasteiger partial charge in [0.25, 0.3) is 0 Å². The molecule has 0 aromatic carbocycles. The van der Waals surface area contributed by atoms with Crippen LogP contribution in [0.1, 0.15) is 57.8 Å². The lowest BCUT2D eigenvalue weighted by molar-refractivity contribution is -0.107. The number of unbranched alkanes of at least 4 members (excludes halogenated alkanes) is 8. The van der Waals surface area contributed by atoms with E-state index in [9.17, 15) is 4.79 Å². The van der Waals surface area contributed by atoms with E-state index in [-0.39, 0.29) is 0 Å². The minimum Gasteiger partial charge on any atom is -0.303 e. The fourth-order valence-electron chi connectivity index (χ4n) is 1.34. The second-order valence-corrected chi connectivity index (χ2v) is 3.38. The summed E-state index contributed by atoms with van der Waals surface area (Å²) in [5.41, 5.74) is 0. The topological polar surface area (TPSA) is 17.1 Å². The smallest absolute Gasteiger partial charge is 0.119 e. The SMILES string of the molecule is C#CCCCCCCCCCC=O. The van der Waals surface area contributed by atoms with Gasteiger partial charge in [0.05, 0.1) is 0 Å². The zero-order valence-corrected chi connectivity index (χ0v) is 8.43. The van der Waals surface area contributed by atoms with Crippen molar-refractivity contribution < 1.29 is 4.79 Å². The van der Waals surface area contributed by atoms with Crippen molar-refractivity contribution in [2.24, 2.45) is 0 Å². The van der Waals surface area contributed by atoms with Gasteiger partial charge in [-0.15, -0.1) is 12.3 Å². The summed E-state index contributed by atoms with van der Waals surface area (Å²) in [7, 11) is 0. The monoisotopic (exact) mass is 180 g/mol. The Morgan fingerprint density at radius 3 is 2.00 bits per heavy atom. The molecule has 0 saturated carbocycles. The first-order valence-corrected chi connectivity index (χ1v) is 5.29. The molecular weight excluding hydrogens is 160 g/mol. The molecule has 0 aromatic heterocycles. The van der Waals surface area contributed by atoms with Crippen LogP contribution in [0.2, 0.25) is 0 Å². The van der Waals surface area contributed by atoms with Gasteiger partial charge in [0.2, 0.25) is 0 Å². The van der Waals surface area contributed by atoms with Crippen LogP contribution in [0.25, 0.3) is 0 Å². The highest BCUT2D eigenvalue weighted by atomic mass is 16.1. The standard InChI is InChI=1S/C12H20O/c1-2-3-4-5-6-7-8-9-10-11-12-13/h1,12H,3-11H2. The van der Waals surface area contributed by atoms with E-state index in [1.54, 1.807) is 0 Å². The molecule has 0 atom stereocenters. The minimum atomic E-state index is 0.733. The molecular formula is C12H20O. The highest BCUT2D eigenvalue weighted by Gasteiger charge is 1.90. The molecule has 0 N–H and O–H groups in total. The average molecular weight is 180 g/mol. The van der Waals surface area contributed by atoms with E-state index in [0.717, 1.165) is 25.5 Å². The van der Waals surface area contributed by atoms with Gasteiger partial charge >= 0.3 is 0 Å². The maximum Gasteiger partial charge on any atom is 0.119 e. The summed E-state index contributed by atoms with van der Waals surface area (Å²) in [6.07, 6.45) is 16.4. The number of carbonyl (C=O) groups is 1. The van der Waals surface area contributed by atoms with Gasteiger partial charge < -0.3 is 4.79 Å². The fraction of sp³-hybridized carbons (Fsp3) is 0.750. The molecule has 0 spiro atoms. The van der Waals surface area contributed by atoms with Crippen molar-refractivity contribution in [1.29, 1.82) is 0 Å². The summed E-state index contributed by atoms with van der Waals surface area (Å²) in [5, 5.41) is 0. The van der Waals surface area contributed by atoms with E-state index >= 15 is 0 Å². The Hall–Kier alpha value is -0.770. The van der Waals surface area contributed by atoms with Crippen LogP contribution in [-0.4, -0.2) is 6.29 Å². The van der Waals surface area contributed by atoms with E-state index in [0.29, 0.717) is 0 Å². The summed E-state index contributed by atoms with van der Waals surface area (Å²) in [6, 6.07) is 0. The predicted molar refractivity (Wildman–Crippen MR) is 56.5 cm³/mol. The minimum absolute atomic E-state index is 0.733. The van der Waals surface area contributed by atoms with Gasteiger partial charge in [-0.05, 0) is 12.8 Å². The van der Waals surface area contributed by atoms with Crippen molar-refractivity contribution in [2.75, 3.05) is 0 Å². The molecule has 0 aromatic rings. The molecule has 0 heterocycles. The number of hydrogen-bond acceptors (Lipinski definition) is 1. The van der Waals surface area contributed by atoms with Gasteiger partial charge in [0, 0.05) is 12.8 Å². The highest BCUT2D eigenvalue weighted by Crippen LogP contribution is 2.08. The molecule has 0 radical (unpaired) electrons. The van der Waals surface area contributed by atoms with Crippen molar-refractivity contribution in [3.63, 3.8) is 0 Å². The first-order chi connectivity index (χ1) is 6.41. The van der Waals surface area contributed by atoms with E-state index in [4.69, 9.17) is 6.42 Å². The molecule has 0 saturated heterocycles. The summed E-state index contributed by atoms with van der Waals surface area (Å²) in [6.45, 7) is 0. The number of aldehydes is 1. The lowest BCUT2D eigenvalue weighted by Gasteiger charge is -1.98. The van der Waals surface area contributed by atoms with Crippen molar-refractivity contribution >= 4 is 6.29 Å². The molecule has 0 unspecified atom stereocenters. The van der Waals surface area contributed by atoms with Gasteiger partial charge in [-0.1, -0.05) is 32.1 Å². The van der Waals surface area contributed by atoms with Crippen molar-refractivity contribution in [2.45, 2.75) is 57.8 Å². The maximum atomic E-state index is 9.99. The van der Waals surface area contributed by atoms with Crippen LogP contribution in [-0.2, 0) is 4.79 Å². The van der Waals surface area contributed by atoms with Crippen molar-refractivity contribution in [1.82, 2.24) is 0 Å². The van der Waals surface area contributed by atoms with E-state index in [2.05, 4.69) is 5.92 Å². The zero-order valence-electron chi connectivity index (χ0n) is 8.43. The number of terminal acetylenes is 1. The third-order valence-corrected chi connectivity index (χ3v) is 2.14. The van der Waals surface area contributed by atoms with Crippen LogP contribution in [0, 0.1) is 12.3 Å². The molecule has 74 valence electrons. The molecule has 0 aliphatic carbocycles. The zero-order chi connectivity index (χ0) is 9.78. The molecule has 0 rings (SSSR count). The Bertz CT molecular complexity index is 144. The highest BCUT2D eigenvalue weighted by molar-refractivity contribution is 5.48. The fourth-order valence-corrected chi connectivity index (χ4v) is 1.34. The average Bonchev–Trinajstić information content (AvgIpc) is 2.16. The van der Waals surface area contributed by atoms with Gasteiger partial charge in [0.15, 0.2) is 0 Å². The van der Waals surface area contributed by atoms with Crippen LogP contribution in [0.15, 0.2) is 0 Å². The van der Waals surface area contributed by atoms with Crippen molar-refractivity contribution in [3.05, 3.63) is 0 Å². The van der Waals surface area contributed by atoms with E-state index in [1.165, 1.54) is 38.5 Å². The molecule has 1 nitrogen and oxygen atoms in total. The van der Waals surface area contributed by atoms with Crippen LogP contribution < -0.4 is 0 Å². The number of hydrogen-bond donors (Lipinski definition) is 0. The molecule has 0 bridgehead atoms. The first kappa shape index (κ1) is 12.2. The van der Waals surface area contributed by atoms with E-state index < -0.39 is 0 Å². The van der Waals surface area contributed by atoms with E-state index in [1.807, 2.05) is 0 Å². The van der Waals surface area contributed by atoms with Gasteiger partial charge in [0.1, 0.15) is 6.29 Å². The largest absolute Gasteiger partial charge is 0.303 e. The molecule has 1 heteroatoms.